The summed E-state index contributed by atoms with van der Waals surface area (Å²) in [5.74, 6) is -0.172. The van der Waals surface area contributed by atoms with Gasteiger partial charge in [-0.3, -0.25) is 4.79 Å². The fraction of sp³-hybridized carbons (Fsp3) is 0.588. The molecular formula is C17H28N2O3. The van der Waals surface area contributed by atoms with Crippen LogP contribution in [0.1, 0.15) is 26.3 Å². The molecule has 5 heteroatoms. The summed E-state index contributed by atoms with van der Waals surface area (Å²) in [5.41, 5.74) is 6.69. The first-order valence-electron chi connectivity index (χ1n) is 7.52. The summed E-state index contributed by atoms with van der Waals surface area (Å²) in [5, 5.41) is 9.97. The third-order valence-electron chi connectivity index (χ3n) is 3.48. The van der Waals surface area contributed by atoms with Crippen molar-refractivity contribution in [1.82, 2.24) is 4.90 Å². The van der Waals surface area contributed by atoms with E-state index in [-0.39, 0.29) is 24.5 Å². The van der Waals surface area contributed by atoms with Crippen molar-refractivity contribution in [3.8, 4) is 0 Å². The highest BCUT2D eigenvalue weighted by Gasteiger charge is 2.30. The number of nitrogens with zero attached hydrogens (tertiary/aromatic N) is 1. The molecule has 0 saturated heterocycles. The molecule has 1 aromatic carbocycles. The number of likely N-dealkylation sites (N-methyl/N-ethyl adjacent to an activating group) is 1. The van der Waals surface area contributed by atoms with E-state index in [9.17, 15) is 9.90 Å². The predicted molar refractivity (Wildman–Crippen MR) is 87.2 cm³/mol. The summed E-state index contributed by atoms with van der Waals surface area (Å²) in [4.78, 5) is 13.6. The van der Waals surface area contributed by atoms with E-state index >= 15 is 0 Å². The summed E-state index contributed by atoms with van der Waals surface area (Å²) < 4.78 is 5.47. The molecule has 5 nitrogen and oxygen atoms in total. The Balaban J connectivity index is 2.35. The SMILES string of the molecule is CN(CC(O)COCc1ccccc1)C(=O)[C@@H](N)C(C)(C)C. The van der Waals surface area contributed by atoms with Crippen molar-refractivity contribution in [3.63, 3.8) is 0 Å². The molecule has 22 heavy (non-hydrogen) atoms. The number of hydrogen-bond acceptors (Lipinski definition) is 4. The number of hydrogen-bond donors (Lipinski definition) is 2. The van der Waals surface area contributed by atoms with E-state index < -0.39 is 12.1 Å². The van der Waals surface area contributed by atoms with Gasteiger partial charge in [-0.2, -0.15) is 0 Å². The summed E-state index contributed by atoms with van der Waals surface area (Å²) in [6.07, 6.45) is -0.732. The highest BCUT2D eigenvalue weighted by Crippen LogP contribution is 2.18. The van der Waals surface area contributed by atoms with Gasteiger partial charge in [-0.05, 0) is 11.0 Å². The van der Waals surface area contributed by atoms with E-state index in [1.54, 1.807) is 7.05 Å². The van der Waals surface area contributed by atoms with Crippen LogP contribution in [0.4, 0.5) is 0 Å². The molecule has 0 aliphatic rings. The minimum absolute atomic E-state index is 0.172. The molecule has 0 aromatic heterocycles. The van der Waals surface area contributed by atoms with Gasteiger partial charge < -0.3 is 20.5 Å². The molecule has 1 amide bonds. The monoisotopic (exact) mass is 308 g/mol. The molecule has 0 aliphatic heterocycles. The van der Waals surface area contributed by atoms with Gasteiger partial charge in [-0.1, -0.05) is 51.1 Å². The van der Waals surface area contributed by atoms with Crippen molar-refractivity contribution in [2.24, 2.45) is 11.1 Å². The Morgan fingerprint density at radius 2 is 1.91 bits per heavy atom. The quantitative estimate of drug-likeness (QED) is 0.798. The van der Waals surface area contributed by atoms with E-state index in [1.807, 2.05) is 51.1 Å². The third-order valence-corrected chi connectivity index (χ3v) is 3.48. The Labute approximate surface area is 133 Å². The highest BCUT2D eigenvalue weighted by atomic mass is 16.5. The van der Waals surface area contributed by atoms with Crippen molar-refractivity contribution in [2.75, 3.05) is 20.2 Å². The Hall–Kier alpha value is -1.43. The van der Waals surface area contributed by atoms with Gasteiger partial charge in [0.05, 0.1) is 25.4 Å². The average molecular weight is 308 g/mol. The zero-order valence-electron chi connectivity index (χ0n) is 14.0. The summed E-state index contributed by atoms with van der Waals surface area (Å²) in [7, 11) is 1.65. The van der Waals surface area contributed by atoms with Crippen LogP contribution in [0.5, 0.6) is 0 Å². The van der Waals surface area contributed by atoms with Crippen LogP contribution in [0.25, 0.3) is 0 Å². The lowest BCUT2D eigenvalue weighted by molar-refractivity contribution is -0.135. The normalized spacial score (nSPS) is 14.5. The van der Waals surface area contributed by atoms with Gasteiger partial charge in [0.1, 0.15) is 0 Å². The van der Waals surface area contributed by atoms with Crippen LogP contribution in [0.2, 0.25) is 0 Å². The maximum absolute atomic E-state index is 12.2. The van der Waals surface area contributed by atoms with Crippen LogP contribution < -0.4 is 5.73 Å². The Morgan fingerprint density at radius 3 is 2.45 bits per heavy atom. The van der Waals surface area contributed by atoms with Crippen LogP contribution in [0, 0.1) is 5.41 Å². The predicted octanol–water partition coefficient (Wildman–Crippen LogP) is 1.40. The number of aliphatic hydroxyl groups excluding tert-OH is 1. The van der Waals surface area contributed by atoms with E-state index in [4.69, 9.17) is 10.5 Å². The number of benzene rings is 1. The molecule has 1 rings (SSSR count). The van der Waals surface area contributed by atoms with E-state index in [0.29, 0.717) is 6.61 Å². The minimum atomic E-state index is -0.732. The zero-order valence-corrected chi connectivity index (χ0v) is 14.0. The average Bonchev–Trinajstić information content (AvgIpc) is 2.45. The second-order valence-corrected chi connectivity index (χ2v) is 6.72. The highest BCUT2D eigenvalue weighted by molar-refractivity contribution is 5.82. The molecule has 0 aliphatic carbocycles. The molecule has 0 radical (unpaired) electrons. The summed E-state index contributed by atoms with van der Waals surface area (Å²) in [6.45, 7) is 6.58. The number of carbonyl (C=O) groups excluding carboxylic acids is 1. The Bertz CT molecular complexity index is 457. The fourth-order valence-corrected chi connectivity index (χ4v) is 1.95. The van der Waals surface area contributed by atoms with Crippen LogP contribution in [0.3, 0.4) is 0 Å². The van der Waals surface area contributed by atoms with Crippen LogP contribution in [-0.2, 0) is 16.1 Å². The van der Waals surface area contributed by atoms with Gasteiger partial charge in [0.25, 0.3) is 0 Å². The molecule has 0 fully saturated rings. The van der Waals surface area contributed by atoms with Gasteiger partial charge in [0, 0.05) is 13.6 Å². The summed E-state index contributed by atoms with van der Waals surface area (Å²) in [6, 6.07) is 9.16. The van der Waals surface area contributed by atoms with Crippen molar-refractivity contribution in [3.05, 3.63) is 35.9 Å². The molecule has 124 valence electrons. The number of ether oxygens (including phenoxy) is 1. The maximum atomic E-state index is 12.2. The van der Waals surface area contributed by atoms with Crippen molar-refractivity contribution in [1.29, 1.82) is 0 Å². The molecule has 0 bridgehead atoms. The third kappa shape index (κ3) is 6.13. The number of amides is 1. The zero-order chi connectivity index (χ0) is 16.8. The first-order valence-corrected chi connectivity index (χ1v) is 7.52. The first kappa shape index (κ1) is 18.6. The van der Waals surface area contributed by atoms with Crippen LogP contribution >= 0.6 is 0 Å². The minimum Gasteiger partial charge on any atom is -0.389 e. The van der Waals surface area contributed by atoms with Crippen molar-refractivity contribution >= 4 is 5.91 Å². The van der Waals surface area contributed by atoms with Gasteiger partial charge in [0.2, 0.25) is 5.91 Å². The molecule has 2 atom stereocenters. The number of aliphatic hydroxyl groups is 1. The fourth-order valence-electron chi connectivity index (χ4n) is 1.95. The lowest BCUT2D eigenvalue weighted by Crippen LogP contribution is -2.51. The number of rotatable bonds is 7. The number of carbonyl (C=O) groups is 1. The van der Waals surface area contributed by atoms with E-state index in [2.05, 4.69) is 0 Å². The smallest absolute Gasteiger partial charge is 0.239 e. The summed E-state index contributed by atoms with van der Waals surface area (Å²) >= 11 is 0. The lowest BCUT2D eigenvalue weighted by atomic mass is 9.86. The Morgan fingerprint density at radius 1 is 1.32 bits per heavy atom. The standard InChI is InChI=1S/C17H28N2O3/c1-17(2,3)15(18)16(21)19(4)10-14(20)12-22-11-13-8-6-5-7-9-13/h5-9,14-15,20H,10-12,18H2,1-4H3/t14?,15-/m1/s1. The van der Waals surface area contributed by atoms with Gasteiger partial charge in [-0.15, -0.1) is 0 Å². The molecule has 0 spiro atoms. The molecule has 1 aromatic rings. The second-order valence-electron chi connectivity index (χ2n) is 6.72. The van der Waals surface area contributed by atoms with Crippen LogP contribution in [0.15, 0.2) is 30.3 Å². The lowest BCUT2D eigenvalue weighted by Gasteiger charge is -2.30. The molecule has 0 heterocycles. The number of nitrogens with two attached hydrogens (primary N) is 1. The van der Waals surface area contributed by atoms with E-state index in [0.717, 1.165) is 5.56 Å². The van der Waals surface area contributed by atoms with E-state index in [1.165, 1.54) is 4.90 Å². The maximum Gasteiger partial charge on any atom is 0.239 e. The van der Waals surface area contributed by atoms with Gasteiger partial charge >= 0.3 is 0 Å². The van der Waals surface area contributed by atoms with Crippen molar-refractivity contribution in [2.45, 2.75) is 39.5 Å². The molecular weight excluding hydrogens is 280 g/mol. The molecule has 3 N–H and O–H groups in total. The largest absolute Gasteiger partial charge is 0.389 e. The van der Waals surface area contributed by atoms with Gasteiger partial charge in [-0.25, -0.2) is 0 Å². The molecule has 1 unspecified atom stereocenters. The Kier molecular flexibility index (Phi) is 7.00. The topological polar surface area (TPSA) is 75.8 Å². The van der Waals surface area contributed by atoms with Crippen molar-refractivity contribution < 1.29 is 14.6 Å². The molecule has 0 saturated carbocycles. The van der Waals surface area contributed by atoms with Crippen LogP contribution in [-0.4, -0.2) is 48.3 Å². The first-order chi connectivity index (χ1) is 10.2. The second kappa shape index (κ2) is 8.27. The van der Waals surface area contributed by atoms with Gasteiger partial charge in [0.15, 0.2) is 0 Å².